The molecule has 0 atom stereocenters. The number of pyridine rings is 1. The van der Waals surface area contributed by atoms with E-state index < -0.39 is 0 Å². The molecule has 1 amide bonds. The molecule has 0 aromatic carbocycles. The van der Waals surface area contributed by atoms with E-state index in [0.717, 1.165) is 12.0 Å². The fourth-order valence-electron chi connectivity index (χ4n) is 2.38. The van der Waals surface area contributed by atoms with E-state index in [2.05, 4.69) is 10.1 Å². The third-order valence-corrected chi connectivity index (χ3v) is 3.72. The van der Waals surface area contributed by atoms with E-state index in [0.29, 0.717) is 31.2 Å². The van der Waals surface area contributed by atoms with E-state index in [-0.39, 0.29) is 11.9 Å². The van der Waals surface area contributed by atoms with Gasteiger partial charge < -0.3 is 14.4 Å². The molecular weight excluding hydrogens is 320 g/mol. The number of nitrogens with zero attached hydrogens (tertiary/aromatic N) is 4. The van der Waals surface area contributed by atoms with Crippen molar-refractivity contribution in [3.05, 3.63) is 41.9 Å². The van der Waals surface area contributed by atoms with E-state index in [4.69, 9.17) is 9.47 Å². The molecule has 2 heterocycles. The van der Waals surface area contributed by atoms with Gasteiger partial charge in [-0.2, -0.15) is 5.10 Å². The maximum absolute atomic E-state index is 12.8. The van der Waals surface area contributed by atoms with Crippen molar-refractivity contribution in [3.8, 4) is 5.88 Å². The highest BCUT2D eigenvalue weighted by Gasteiger charge is 2.20. The monoisotopic (exact) mass is 346 g/mol. The van der Waals surface area contributed by atoms with Crippen LogP contribution < -0.4 is 4.74 Å². The summed E-state index contributed by atoms with van der Waals surface area (Å²) in [6.45, 7) is 5.69. The lowest BCUT2D eigenvalue weighted by molar-refractivity contribution is 0.0690. The van der Waals surface area contributed by atoms with Crippen LogP contribution in [0.4, 0.5) is 0 Å². The molecule has 7 nitrogen and oxygen atoms in total. The molecular formula is C18H26N4O3. The standard InChI is InChI=1S/C18H26N4O3/c1-14(2)22(13-15-10-20-21(3)12-15)18(23)16-6-7-17(19-11-16)25-9-5-8-24-4/h6-7,10-12,14H,5,8-9,13H2,1-4H3. The van der Waals surface area contributed by atoms with Crippen molar-refractivity contribution in [2.75, 3.05) is 20.3 Å². The first-order chi connectivity index (χ1) is 12.0. The van der Waals surface area contributed by atoms with Gasteiger partial charge >= 0.3 is 0 Å². The molecule has 0 fully saturated rings. The van der Waals surface area contributed by atoms with Gasteiger partial charge in [-0.15, -0.1) is 0 Å². The van der Waals surface area contributed by atoms with Gasteiger partial charge in [0, 0.05) is 63.8 Å². The molecule has 0 radical (unpaired) electrons. The molecule has 0 saturated heterocycles. The van der Waals surface area contributed by atoms with Crippen LogP contribution in [0.5, 0.6) is 5.88 Å². The molecule has 25 heavy (non-hydrogen) atoms. The fourth-order valence-corrected chi connectivity index (χ4v) is 2.38. The minimum Gasteiger partial charge on any atom is -0.478 e. The van der Waals surface area contributed by atoms with Crippen molar-refractivity contribution in [2.24, 2.45) is 7.05 Å². The Morgan fingerprint density at radius 2 is 2.08 bits per heavy atom. The van der Waals surface area contributed by atoms with Gasteiger partial charge in [0.1, 0.15) is 0 Å². The summed E-state index contributed by atoms with van der Waals surface area (Å²) >= 11 is 0. The molecule has 0 N–H and O–H groups in total. The number of aromatic nitrogens is 3. The zero-order valence-corrected chi connectivity index (χ0v) is 15.3. The SMILES string of the molecule is COCCCOc1ccc(C(=O)N(Cc2cnn(C)c2)C(C)C)cn1. The van der Waals surface area contributed by atoms with Gasteiger partial charge in [0.25, 0.3) is 5.91 Å². The lowest BCUT2D eigenvalue weighted by Gasteiger charge is -2.26. The lowest BCUT2D eigenvalue weighted by Crippen LogP contribution is -2.36. The second-order valence-electron chi connectivity index (χ2n) is 6.13. The predicted molar refractivity (Wildman–Crippen MR) is 94.4 cm³/mol. The van der Waals surface area contributed by atoms with Gasteiger partial charge in [-0.25, -0.2) is 4.98 Å². The van der Waals surface area contributed by atoms with Gasteiger partial charge in [-0.3, -0.25) is 9.48 Å². The van der Waals surface area contributed by atoms with Gasteiger partial charge in [0.2, 0.25) is 5.88 Å². The Morgan fingerprint density at radius 3 is 2.64 bits per heavy atom. The summed E-state index contributed by atoms with van der Waals surface area (Å²) in [4.78, 5) is 18.8. The molecule has 0 aliphatic rings. The van der Waals surface area contributed by atoms with Crippen molar-refractivity contribution >= 4 is 5.91 Å². The highest BCUT2D eigenvalue weighted by Crippen LogP contribution is 2.15. The van der Waals surface area contributed by atoms with E-state index >= 15 is 0 Å². The first kappa shape index (κ1) is 18.9. The fraction of sp³-hybridized carbons (Fsp3) is 0.500. The number of methoxy groups -OCH3 is 1. The molecule has 2 aromatic rings. The van der Waals surface area contributed by atoms with E-state index in [1.807, 2.05) is 27.1 Å². The number of hydrogen-bond acceptors (Lipinski definition) is 5. The van der Waals surface area contributed by atoms with Crippen LogP contribution in [0.25, 0.3) is 0 Å². The second-order valence-corrected chi connectivity index (χ2v) is 6.13. The lowest BCUT2D eigenvalue weighted by atomic mass is 10.2. The van der Waals surface area contributed by atoms with Gasteiger partial charge in [0.05, 0.1) is 18.4 Å². The summed E-state index contributed by atoms with van der Waals surface area (Å²) in [5.74, 6) is 0.452. The number of carbonyl (C=O) groups is 1. The molecule has 0 unspecified atom stereocenters. The Balaban J connectivity index is 2.00. The zero-order chi connectivity index (χ0) is 18.2. The number of rotatable bonds is 9. The van der Waals surface area contributed by atoms with Crippen LogP contribution >= 0.6 is 0 Å². The predicted octanol–water partition coefficient (Wildman–Crippen LogP) is 2.28. The average molecular weight is 346 g/mol. The number of ether oxygens (including phenoxy) is 2. The van der Waals surface area contributed by atoms with E-state index in [1.54, 1.807) is 41.2 Å². The van der Waals surface area contributed by atoms with Crippen molar-refractivity contribution < 1.29 is 14.3 Å². The van der Waals surface area contributed by atoms with Crippen molar-refractivity contribution in [3.63, 3.8) is 0 Å². The summed E-state index contributed by atoms with van der Waals surface area (Å²) in [5, 5.41) is 4.16. The van der Waals surface area contributed by atoms with Crippen LogP contribution in [0.2, 0.25) is 0 Å². The van der Waals surface area contributed by atoms with Gasteiger partial charge in [-0.05, 0) is 19.9 Å². The van der Waals surface area contributed by atoms with Crippen LogP contribution in [0.15, 0.2) is 30.7 Å². The van der Waals surface area contributed by atoms with Crippen molar-refractivity contribution in [1.82, 2.24) is 19.7 Å². The molecule has 0 bridgehead atoms. The molecule has 136 valence electrons. The quantitative estimate of drug-likeness (QED) is 0.652. The van der Waals surface area contributed by atoms with Crippen LogP contribution in [0.1, 0.15) is 36.2 Å². The number of hydrogen-bond donors (Lipinski definition) is 0. The van der Waals surface area contributed by atoms with E-state index in [9.17, 15) is 4.79 Å². The maximum atomic E-state index is 12.8. The summed E-state index contributed by atoms with van der Waals surface area (Å²) in [5.41, 5.74) is 1.54. The summed E-state index contributed by atoms with van der Waals surface area (Å²) < 4.78 is 12.2. The molecule has 0 aliphatic carbocycles. The Kier molecular flexibility index (Phi) is 6.94. The van der Waals surface area contributed by atoms with Crippen LogP contribution in [-0.4, -0.2) is 51.9 Å². The molecule has 2 rings (SSSR count). The first-order valence-electron chi connectivity index (χ1n) is 8.37. The summed E-state index contributed by atoms with van der Waals surface area (Å²) in [6.07, 6.45) is 6.05. The molecule has 0 aliphatic heterocycles. The Morgan fingerprint density at radius 1 is 1.28 bits per heavy atom. The van der Waals surface area contributed by atoms with E-state index in [1.165, 1.54) is 0 Å². The van der Waals surface area contributed by atoms with Crippen LogP contribution in [-0.2, 0) is 18.3 Å². The van der Waals surface area contributed by atoms with Gasteiger partial charge in [-0.1, -0.05) is 0 Å². The third kappa shape index (κ3) is 5.56. The maximum Gasteiger partial charge on any atom is 0.255 e. The first-order valence-corrected chi connectivity index (χ1v) is 8.37. The summed E-state index contributed by atoms with van der Waals surface area (Å²) in [6, 6.07) is 3.54. The smallest absolute Gasteiger partial charge is 0.255 e. The topological polar surface area (TPSA) is 69.5 Å². The Bertz CT molecular complexity index is 667. The number of amides is 1. The number of aryl methyl sites for hydroxylation is 1. The highest BCUT2D eigenvalue weighted by molar-refractivity contribution is 5.94. The highest BCUT2D eigenvalue weighted by atomic mass is 16.5. The zero-order valence-electron chi connectivity index (χ0n) is 15.3. The molecule has 0 saturated carbocycles. The van der Waals surface area contributed by atoms with Crippen LogP contribution in [0.3, 0.4) is 0 Å². The normalized spacial score (nSPS) is 10.9. The minimum absolute atomic E-state index is 0.0581. The largest absolute Gasteiger partial charge is 0.478 e. The van der Waals surface area contributed by atoms with Crippen molar-refractivity contribution in [1.29, 1.82) is 0 Å². The molecule has 7 heteroatoms. The molecule has 2 aromatic heterocycles. The van der Waals surface area contributed by atoms with Crippen molar-refractivity contribution in [2.45, 2.75) is 32.9 Å². The molecule has 0 spiro atoms. The minimum atomic E-state index is -0.0581. The second kappa shape index (κ2) is 9.17. The van der Waals surface area contributed by atoms with Gasteiger partial charge in [0.15, 0.2) is 0 Å². The van der Waals surface area contributed by atoms with Crippen LogP contribution in [0, 0.1) is 0 Å². The third-order valence-electron chi connectivity index (χ3n) is 3.72. The Hall–Kier alpha value is -2.41. The summed E-state index contributed by atoms with van der Waals surface area (Å²) in [7, 11) is 3.52. The Labute approximate surface area is 148 Å². The number of carbonyl (C=O) groups excluding carboxylic acids is 1. The average Bonchev–Trinajstić information content (AvgIpc) is 3.01.